The molecule has 0 spiro atoms. The maximum atomic E-state index is 12.7. The van der Waals surface area contributed by atoms with Gasteiger partial charge < -0.3 is 34.0 Å². The number of carbonyl (C=O) groups is 2. The van der Waals surface area contributed by atoms with Crippen LogP contribution in [0.4, 0.5) is 0 Å². The molecule has 1 saturated heterocycles. The third kappa shape index (κ3) is 37.9. The van der Waals surface area contributed by atoms with Crippen LogP contribution in [-0.2, 0) is 46.5 Å². The molecule has 61 heavy (non-hydrogen) atoms. The van der Waals surface area contributed by atoms with Gasteiger partial charge in [0, 0.05) is 12.8 Å². The van der Waals surface area contributed by atoms with Crippen LogP contribution < -0.4 is 0 Å². The molecule has 0 saturated carbocycles. The van der Waals surface area contributed by atoms with Gasteiger partial charge in [0.1, 0.15) is 12.7 Å². The summed E-state index contributed by atoms with van der Waals surface area (Å²) in [4.78, 5) is 52.8. The highest BCUT2D eigenvalue weighted by atomic mass is 31.2. The van der Waals surface area contributed by atoms with Gasteiger partial charge in [0.15, 0.2) is 6.10 Å². The Morgan fingerprint density at radius 3 is 1.72 bits per heavy atom. The molecule has 16 heteroatoms. The zero-order valence-corrected chi connectivity index (χ0v) is 39.9. The minimum absolute atomic E-state index is 0.114. The molecule has 1 fully saturated rings. The number of unbranched alkanes of at least 4 members (excludes halogenated alkanes) is 20. The topological polar surface area (TPSA) is 208 Å². The molecule has 0 bridgehead atoms. The lowest BCUT2D eigenvalue weighted by Crippen LogP contribution is -2.30. The second kappa shape index (κ2) is 37.1. The van der Waals surface area contributed by atoms with Crippen LogP contribution in [0.2, 0.25) is 0 Å². The maximum absolute atomic E-state index is 12.7. The molecular weight excluding hydrogens is 826 g/mol. The van der Waals surface area contributed by atoms with Crippen molar-refractivity contribution >= 4 is 27.6 Å². The Balaban J connectivity index is 2.31. The van der Waals surface area contributed by atoms with Gasteiger partial charge >= 0.3 is 27.6 Å². The number of epoxide rings is 1. The quantitative estimate of drug-likeness (QED) is 0.0147. The zero-order chi connectivity index (χ0) is 45.0. The van der Waals surface area contributed by atoms with Crippen LogP contribution in [0.15, 0.2) is 12.2 Å². The molecule has 6 atom stereocenters. The van der Waals surface area contributed by atoms with Crippen molar-refractivity contribution < 1.29 is 66.3 Å². The third-order valence-corrected chi connectivity index (χ3v) is 12.5. The fraction of sp³-hybridized carbons (Fsp3) is 0.911. The fourth-order valence-corrected chi connectivity index (χ4v) is 8.13. The molecule has 360 valence electrons. The van der Waals surface area contributed by atoms with E-state index in [1.165, 1.54) is 96.3 Å². The lowest BCUT2D eigenvalue weighted by Gasteiger charge is -2.20. The van der Waals surface area contributed by atoms with Crippen LogP contribution in [0.3, 0.4) is 0 Å². The highest BCUT2D eigenvalue weighted by Gasteiger charge is 2.36. The Morgan fingerprint density at radius 2 is 1.15 bits per heavy atom. The van der Waals surface area contributed by atoms with Crippen molar-refractivity contribution in [3.05, 3.63) is 12.2 Å². The van der Waals surface area contributed by atoms with Gasteiger partial charge in [-0.15, -0.1) is 0 Å². The largest absolute Gasteiger partial charge is 0.472 e. The van der Waals surface area contributed by atoms with E-state index in [9.17, 15) is 28.7 Å². The second-order valence-electron chi connectivity index (χ2n) is 17.0. The van der Waals surface area contributed by atoms with Crippen LogP contribution in [0, 0.1) is 5.92 Å². The van der Waals surface area contributed by atoms with Crippen LogP contribution in [0.1, 0.15) is 207 Å². The molecule has 1 aliphatic heterocycles. The first-order valence-corrected chi connectivity index (χ1v) is 26.9. The van der Waals surface area contributed by atoms with E-state index in [4.69, 9.17) is 33.0 Å². The molecule has 0 aliphatic carbocycles. The summed E-state index contributed by atoms with van der Waals surface area (Å²) in [5, 5.41) is 9.76. The lowest BCUT2D eigenvalue weighted by molar-refractivity contribution is -0.161. The number of phosphoric acid groups is 2. The number of phosphoric ester groups is 2. The van der Waals surface area contributed by atoms with E-state index >= 15 is 0 Å². The molecule has 1 heterocycles. The van der Waals surface area contributed by atoms with E-state index in [1.54, 1.807) is 0 Å². The van der Waals surface area contributed by atoms with Crippen LogP contribution in [0.5, 0.6) is 0 Å². The first-order chi connectivity index (χ1) is 29.2. The summed E-state index contributed by atoms with van der Waals surface area (Å²) in [7, 11) is -9.68. The molecule has 14 nitrogen and oxygen atoms in total. The Kier molecular flexibility index (Phi) is 35.2. The van der Waals surface area contributed by atoms with Gasteiger partial charge in [0.05, 0.1) is 32.0 Å². The van der Waals surface area contributed by atoms with E-state index in [-0.39, 0.29) is 19.4 Å². The lowest BCUT2D eigenvalue weighted by atomic mass is 9.99. The Hall–Kier alpha value is -1.18. The van der Waals surface area contributed by atoms with Crippen LogP contribution >= 0.6 is 15.6 Å². The number of carbonyl (C=O) groups excluding carboxylic acids is 2. The first kappa shape index (κ1) is 57.8. The van der Waals surface area contributed by atoms with E-state index < -0.39 is 59.6 Å². The number of hydrogen-bond acceptors (Lipinski definition) is 11. The second-order valence-corrected chi connectivity index (χ2v) is 19.7. The van der Waals surface area contributed by atoms with Crippen molar-refractivity contribution in [3.63, 3.8) is 0 Å². The fourth-order valence-electron chi connectivity index (χ4n) is 6.98. The SMILES string of the molecule is CCCCCC1OC1C/C=C\CCCCCCCC(=O)O[C@H](COC(=O)CCCCCCCCCCCCCCCCC(C)CC)COP(=O)(O)OC[C@@H](O)COP(=O)(O)O. The van der Waals surface area contributed by atoms with Crippen molar-refractivity contribution in [2.24, 2.45) is 5.92 Å². The number of esters is 2. The number of hydrogen-bond donors (Lipinski definition) is 4. The number of aliphatic hydroxyl groups excluding tert-OH is 1. The number of ether oxygens (including phenoxy) is 3. The molecule has 0 aromatic rings. The van der Waals surface area contributed by atoms with E-state index in [1.807, 2.05) is 0 Å². The standard InChI is InChI=1S/C45H86O14P2/c1-4-6-25-31-42-43(59-42)32-27-22-18-15-16-20-24-29-34-45(48)58-41(38-57-61(52,53)56-36-40(46)35-55-60(49,50)51)37-54-44(47)33-28-23-19-14-12-10-8-7-9-11-13-17-21-26-30-39(3)5-2/h22,27,39-43,46H,4-21,23-26,28-38H2,1-3H3,(H,52,53)(H2,49,50,51)/b27-22-/t39?,40-,41+,42?,43?/m0/s1. The van der Waals surface area contributed by atoms with Crippen LogP contribution in [0.25, 0.3) is 0 Å². The van der Waals surface area contributed by atoms with E-state index in [2.05, 4.69) is 37.4 Å². The van der Waals surface area contributed by atoms with Gasteiger partial charge in [-0.1, -0.05) is 168 Å². The van der Waals surface area contributed by atoms with Gasteiger partial charge in [-0.05, 0) is 44.4 Å². The predicted molar refractivity (Wildman–Crippen MR) is 239 cm³/mol. The molecule has 0 amide bonds. The summed E-state index contributed by atoms with van der Waals surface area (Å²) < 4.78 is 53.6. The number of rotatable bonds is 44. The molecule has 0 aromatic carbocycles. The average Bonchev–Trinajstić information content (AvgIpc) is 3.98. The van der Waals surface area contributed by atoms with Gasteiger partial charge in [-0.25, -0.2) is 9.13 Å². The summed E-state index contributed by atoms with van der Waals surface area (Å²) >= 11 is 0. The monoisotopic (exact) mass is 913 g/mol. The molecule has 1 aliphatic rings. The minimum Gasteiger partial charge on any atom is -0.462 e. The average molecular weight is 913 g/mol. The molecule has 0 radical (unpaired) electrons. The minimum atomic E-state index is -4.87. The number of allylic oxidation sites excluding steroid dienone is 1. The van der Waals surface area contributed by atoms with Crippen molar-refractivity contribution in [1.29, 1.82) is 0 Å². The number of aliphatic hydroxyl groups is 1. The van der Waals surface area contributed by atoms with Crippen molar-refractivity contribution in [3.8, 4) is 0 Å². The van der Waals surface area contributed by atoms with E-state index in [0.29, 0.717) is 25.0 Å². The molecule has 0 aromatic heterocycles. The first-order valence-electron chi connectivity index (χ1n) is 23.9. The van der Waals surface area contributed by atoms with Crippen molar-refractivity contribution in [1.82, 2.24) is 0 Å². The Bertz CT molecular complexity index is 1210. The van der Waals surface area contributed by atoms with Crippen molar-refractivity contribution in [2.45, 2.75) is 231 Å². The maximum Gasteiger partial charge on any atom is 0.472 e. The van der Waals surface area contributed by atoms with Gasteiger partial charge in [-0.3, -0.25) is 23.2 Å². The summed E-state index contributed by atoms with van der Waals surface area (Å²) in [5.41, 5.74) is 0. The third-order valence-electron chi connectivity index (χ3n) is 11.1. The highest BCUT2D eigenvalue weighted by Crippen LogP contribution is 2.44. The summed E-state index contributed by atoms with van der Waals surface area (Å²) in [6.45, 7) is 4.11. The Morgan fingerprint density at radius 1 is 0.623 bits per heavy atom. The zero-order valence-electron chi connectivity index (χ0n) is 38.1. The highest BCUT2D eigenvalue weighted by molar-refractivity contribution is 7.47. The normalized spacial score (nSPS) is 17.9. The molecular formula is C45H86O14P2. The van der Waals surface area contributed by atoms with Gasteiger partial charge in [0.25, 0.3) is 0 Å². The van der Waals surface area contributed by atoms with Crippen molar-refractivity contribution in [2.75, 3.05) is 26.4 Å². The van der Waals surface area contributed by atoms with E-state index in [0.717, 1.165) is 70.1 Å². The molecule has 4 N–H and O–H groups in total. The Labute approximate surface area is 368 Å². The van der Waals surface area contributed by atoms with Gasteiger partial charge in [0.2, 0.25) is 0 Å². The predicted octanol–water partition coefficient (Wildman–Crippen LogP) is 11.4. The summed E-state index contributed by atoms with van der Waals surface area (Å²) in [5.74, 6) is -0.180. The summed E-state index contributed by atoms with van der Waals surface area (Å²) in [6.07, 6.45) is 33.6. The summed E-state index contributed by atoms with van der Waals surface area (Å²) in [6, 6.07) is 0. The van der Waals surface area contributed by atoms with Crippen LogP contribution in [-0.4, -0.2) is 82.6 Å². The molecule has 4 unspecified atom stereocenters. The smallest absolute Gasteiger partial charge is 0.462 e. The van der Waals surface area contributed by atoms with Gasteiger partial charge in [-0.2, -0.15) is 0 Å². The molecule has 1 rings (SSSR count).